The van der Waals surface area contributed by atoms with Crippen molar-refractivity contribution in [3.05, 3.63) is 53.5 Å². The second-order valence-electron chi connectivity index (χ2n) is 9.11. The first-order chi connectivity index (χ1) is 16.6. The summed E-state index contributed by atoms with van der Waals surface area (Å²) in [5.41, 5.74) is 1.67. The lowest BCUT2D eigenvalue weighted by Crippen LogP contribution is -2.35. The molecule has 3 aromatic rings. The topological polar surface area (TPSA) is 62.1 Å². The Hall–Kier alpha value is -2.71. The van der Waals surface area contributed by atoms with Crippen LogP contribution in [0.2, 0.25) is 5.02 Å². The Labute approximate surface area is 205 Å². The van der Waals surface area contributed by atoms with Gasteiger partial charge in [-0.05, 0) is 50.9 Å². The minimum atomic E-state index is -0.235. The smallest absolute Gasteiger partial charge is 0.153 e. The maximum atomic E-state index is 13.9. The van der Waals surface area contributed by atoms with E-state index in [1.54, 1.807) is 18.5 Å². The molecule has 0 spiro atoms. The molecule has 1 N–H and O–H groups in total. The summed E-state index contributed by atoms with van der Waals surface area (Å²) in [5.74, 6) is 2.62. The molecule has 2 aromatic heterocycles. The summed E-state index contributed by atoms with van der Waals surface area (Å²) >= 11 is 6.53. The van der Waals surface area contributed by atoms with Crippen molar-refractivity contribution in [2.24, 2.45) is 0 Å². The third-order valence-electron chi connectivity index (χ3n) is 6.95. The van der Waals surface area contributed by atoms with Gasteiger partial charge in [-0.15, -0.1) is 0 Å². The van der Waals surface area contributed by atoms with Gasteiger partial charge >= 0.3 is 0 Å². The number of benzene rings is 1. The molecule has 0 radical (unpaired) electrons. The molecule has 2 fully saturated rings. The van der Waals surface area contributed by atoms with Crippen LogP contribution in [-0.2, 0) is 6.54 Å². The Morgan fingerprint density at radius 1 is 1.09 bits per heavy atom. The molecule has 0 amide bonds. The molecule has 2 saturated heterocycles. The maximum absolute atomic E-state index is 13.9. The number of halogens is 2. The fourth-order valence-electron chi connectivity index (χ4n) is 5.08. The first-order valence-electron chi connectivity index (χ1n) is 12.1. The summed E-state index contributed by atoms with van der Waals surface area (Å²) in [4.78, 5) is 18.4. The minimum absolute atomic E-state index is 0.235. The standard InChI is InChI=1S/C25H31ClFN7/c1-28-23-22(26)25(30-17-29-23)33-11-7-18(8-12-33)24-31-21(19-5-4-6-20(27)15-19)16-34(24)14-13-32-9-2-3-10-32/h4-6,15-18H,2-3,7-14H2,1H3,(H,28,29,30). The van der Waals surface area contributed by atoms with Gasteiger partial charge in [-0.25, -0.2) is 19.3 Å². The molecule has 1 aromatic carbocycles. The summed E-state index contributed by atoms with van der Waals surface area (Å²) in [7, 11) is 1.81. The van der Waals surface area contributed by atoms with Crippen LogP contribution in [0.3, 0.4) is 0 Å². The molecule has 2 aliphatic rings. The fourth-order valence-corrected chi connectivity index (χ4v) is 5.39. The summed E-state index contributed by atoms with van der Waals surface area (Å²) in [5, 5.41) is 3.58. The van der Waals surface area contributed by atoms with Gasteiger partial charge in [0.05, 0.1) is 5.69 Å². The molecular weight excluding hydrogens is 453 g/mol. The third kappa shape index (κ3) is 4.88. The molecule has 0 saturated carbocycles. The van der Waals surface area contributed by atoms with E-state index in [1.807, 2.05) is 13.1 Å². The Balaban J connectivity index is 1.35. The highest BCUT2D eigenvalue weighted by Gasteiger charge is 2.27. The number of rotatable bonds is 7. The number of nitrogens with one attached hydrogen (secondary N) is 1. The summed E-state index contributed by atoms with van der Waals surface area (Å²) in [6, 6.07) is 6.72. The minimum Gasteiger partial charge on any atom is -0.372 e. The average Bonchev–Trinajstić information content (AvgIpc) is 3.53. The lowest BCUT2D eigenvalue weighted by Gasteiger charge is -2.33. The van der Waals surface area contributed by atoms with Crippen molar-refractivity contribution in [2.75, 3.05) is 50.0 Å². The largest absolute Gasteiger partial charge is 0.372 e. The number of aromatic nitrogens is 4. The molecule has 0 atom stereocenters. The van der Waals surface area contributed by atoms with Crippen LogP contribution in [0.1, 0.15) is 37.4 Å². The van der Waals surface area contributed by atoms with Crippen LogP contribution in [-0.4, -0.2) is 64.2 Å². The van der Waals surface area contributed by atoms with Crippen LogP contribution in [0.5, 0.6) is 0 Å². The number of hydrogen-bond acceptors (Lipinski definition) is 6. The maximum Gasteiger partial charge on any atom is 0.153 e. The Morgan fingerprint density at radius 3 is 2.62 bits per heavy atom. The molecule has 7 nitrogen and oxygen atoms in total. The van der Waals surface area contributed by atoms with Gasteiger partial charge in [-0.2, -0.15) is 0 Å². The molecule has 0 aliphatic carbocycles. The van der Waals surface area contributed by atoms with Crippen molar-refractivity contribution in [3.8, 4) is 11.3 Å². The first-order valence-corrected chi connectivity index (χ1v) is 12.5. The van der Waals surface area contributed by atoms with Crippen molar-refractivity contribution in [1.82, 2.24) is 24.4 Å². The molecule has 9 heteroatoms. The van der Waals surface area contributed by atoms with E-state index in [2.05, 4.69) is 35.8 Å². The molecule has 34 heavy (non-hydrogen) atoms. The highest BCUT2D eigenvalue weighted by molar-refractivity contribution is 6.35. The Bertz CT molecular complexity index is 1120. The zero-order valence-corrected chi connectivity index (χ0v) is 20.3. The van der Waals surface area contributed by atoms with E-state index in [4.69, 9.17) is 16.6 Å². The van der Waals surface area contributed by atoms with Crippen molar-refractivity contribution >= 4 is 23.2 Å². The summed E-state index contributed by atoms with van der Waals surface area (Å²) in [6.07, 6.45) is 8.13. The normalized spacial score (nSPS) is 17.4. The van der Waals surface area contributed by atoms with Crippen molar-refractivity contribution in [3.63, 3.8) is 0 Å². The van der Waals surface area contributed by atoms with Crippen molar-refractivity contribution in [1.29, 1.82) is 0 Å². The SMILES string of the molecule is CNc1ncnc(N2CCC(c3nc(-c4cccc(F)c4)cn3CCN3CCCC3)CC2)c1Cl. The van der Waals surface area contributed by atoms with E-state index < -0.39 is 0 Å². The van der Waals surface area contributed by atoms with Crippen LogP contribution >= 0.6 is 11.6 Å². The van der Waals surface area contributed by atoms with Crippen LogP contribution < -0.4 is 10.2 Å². The van der Waals surface area contributed by atoms with Crippen molar-refractivity contribution in [2.45, 2.75) is 38.1 Å². The number of anilines is 2. The summed E-state index contributed by atoms with van der Waals surface area (Å²) in [6.45, 7) is 5.97. The van der Waals surface area contributed by atoms with E-state index in [1.165, 1.54) is 32.0 Å². The van der Waals surface area contributed by atoms with Gasteiger partial charge in [0.2, 0.25) is 0 Å². The molecule has 180 valence electrons. The van der Waals surface area contributed by atoms with Crippen LogP contribution in [0.25, 0.3) is 11.3 Å². The predicted molar refractivity (Wildman–Crippen MR) is 134 cm³/mol. The zero-order valence-electron chi connectivity index (χ0n) is 19.6. The molecule has 0 unspecified atom stereocenters. The lowest BCUT2D eigenvalue weighted by atomic mass is 9.96. The zero-order chi connectivity index (χ0) is 23.5. The molecule has 0 bridgehead atoms. The molecule has 2 aliphatic heterocycles. The van der Waals surface area contributed by atoms with E-state index in [0.717, 1.165) is 61.9 Å². The fraction of sp³-hybridized carbons (Fsp3) is 0.480. The quantitative estimate of drug-likeness (QED) is 0.527. The van der Waals surface area contributed by atoms with Crippen molar-refractivity contribution < 1.29 is 4.39 Å². The van der Waals surface area contributed by atoms with Crippen LogP contribution in [0, 0.1) is 5.82 Å². The predicted octanol–water partition coefficient (Wildman–Crippen LogP) is 4.65. The lowest BCUT2D eigenvalue weighted by molar-refractivity contribution is 0.317. The Kier molecular flexibility index (Phi) is 6.97. The number of likely N-dealkylation sites (tertiary alicyclic amines) is 1. The van der Waals surface area contributed by atoms with E-state index in [9.17, 15) is 4.39 Å². The monoisotopic (exact) mass is 483 g/mol. The number of nitrogens with zero attached hydrogens (tertiary/aromatic N) is 6. The molecule has 5 rings (SSSR count). The van der Waals surface area contributed by atoms with E-state index in [0.29, 0.717) is 16.8 Å². The number of imidazole rings is 1. The Morgan fingerprint density at radius 2 is 1.88 bits per heavy atom. The highest BCUT2D eigenvalue weighted by atomic mass is 35.5. The van der Waals surface area contributed by atoms with Gasteiger partial charge in [0.15, 0.2) is 5.82 Å². The third-order valence-corrected chi connectivity index (χ3v) is 7.30. The number of piperidine rings is 1. The molecule has 4 heterocycles. The van der Waals surface area contributed by atoms with Crippen LogP contribution in [0.4, 0.5) is 16.0 Å². The number of hydrogen-bond donors (Lipinski definition) is 1. The average molecular weight is 484 g/mol. The van der Waals surface area contributed by atoms with E-state index >= 15 is 0 Å². The van der Waals surface area contributed by atoms with Gasteiger partial charge in [0, 0.05) is 50.9 Å². The highest BCUT2D eigenvalue weighted by Crippen LogP contribution is 2.35. The second-order valence-corrected chi connectivity index (χ2v) is 9.49. The molecular formula is C25H31ClFN7. The van der Waals surface area contributed by atoms with Gasteiger partial charge in [0.25, 0.3) is 0 Å². The second kappa shape index (κ2) is 10.3. The summed E-state index contributed by atoms with van der Waals surface area (Å²) < 4.78 is 16.2. The van der Waals surface area contributed by atoms with Gasteiger partial charge in [-0.1, -0.05) is 23.7 Å². The van der Waals surface area contributed by atoms with Gasteiger partial charge < -0.3 is 19.7 Å². The van der Waals surface area contributed by atoms with E-state index in [-0.39, 0.29) is 5.82 Å². The van der Waals surface area contributed by atoms with Crippen LogP contribution in [0.15, 0.2) is 36.8 Å². The first kappa shape index (κ1) is 23.1. The van der Waals surface area contributed by atoms with Gasteiger partial charge in [0.1, 0.15) is 28.8 Å². The van der Waals surface area contributed by atoms with Gasteiger partial charge in [-0.3, -0.25) is 0 Å².